The van der Waals surface area contributed by atoms with E-state index >= 15 is 0 Å². The van der Waals surface area contributed by atoms with E-state index in [0.717, 1.165) is 6.20 Å². The second-order valence-electron chi connectivity index (χ2n) is 10.9. The third kappa shape index (κ3) is 6.72. The topological polar surface area (TPSA) is 121 Å². The zero-order chi connectivity index (χ0) is 30.1. The molecule has 0 aliphatic carbocycles. The molecule has 3 N–H and O–H groups in total. The molecular weight excluding hydrogens is 541 g/mol. The summed E-state index contributed by atoms with van der Waals surface area (Å²) in [7, 11) is 1.23. The highest BCUT2D eigenvalue weighted by atomic mass is 19.4. The predicted molar refractivity (Wildman–Crippen MR) is 150 cm³/mol. The van der Waals surface area contributed by atoms with E-state index in [1.165, 1.54) is 13.3 Å². The zero-order valence-corrected chi connectivity index (χ0v) is 23.5. The lowest BCUT2D eigenvalue weighted by Crippen LogP contribution is -2.47. The minimum absolute atomic E-state index is 0.00231. The van der Waals surface area contributed by atoms with E-state index in [2.05, 4.69) is 36.9 Å². The van der Waals surface area contributed by atoms with Crippen LogP contribution in [0, 0.1) is 0 Å². The molecule has 1 aliphatic heterocycles. The smallest absolute Gasteiger partial charge is 0.419 e. The number of carbonyl (C=O) groups is 2. The molecular formula is C28H33F3N6O4. The van der Waals surface area contributed by atoms with Gasteiger partial charge in [-0.1, -0.05) is 12.6 Å². The Kier molecular flexibility index (Phi) is 8.18. The molecule has 220 valence electrons. The molecule has 0 bridgehead atoms. The van der Waals surface area contributed by atoms with E-state index in [-0.39, 0.29) is 23.2 Å². The van der Waals surface area contributed by atoms with E-state index in [1.54, 1.807) is 44.7 Å². The van der Waals surface area contributed by atoms with Gasteiger partial charge in [0, 0.05) is 48.0 Å². The Balaban J connectivity index is 1.70. The first-order valence-corrected chi connectivity index (χ1v) is 13.0. The molecule has 1 fully saturated rings. The standard InChI is InChI=1S/C28H33F3N6O4/c1-15(2)21-20(35-25(38)40-6)10-9-17-18(12-32-23(17)21)22-19(28(29,30)31)13-33-24(36-22)34-16-8-7-11-37(14-16)26(39)41-27(3,4)5/h9-10,12-13,16,32H,1,7-8,11,14H2,2-6H3,(H,35,38)(H,33,34,36)/t16-/m0/s1. The summed E-state index contributed by atoms with van der Waals surface area (Å²) < 4.78 is 52.5. The summed E-state index contributed by atoms with van der Waals surface area (Å²) in [5, 5.41) is 6.15. The van der Waals surface area contributed by atoms with Gasteiger partial charge in [0.15, 0.2) is 0 Å². The van der Waals surface area contributed by atoms with Crippen molar-refractivity contribution in [3.63, 3.8) is 0 Å². The van der Waals surface area contributed by atoms with Gasteiger partial charge in [0.2, 0.25) is 5.95 Å². The highest BCUT2D eigenvalue weighted by molar-refractivity contribution is 6.05. The molecule has 10 nitrogen and oxygen atoms in total. The van der Waals surface area contributed by atoms with Crippen molar-refractivity contribution in [1.82, 2.24) is 19.9 Å². The van der Waals surface area contributed by atoms with Gasteiger partial charge in [-0.2, -0.15) is 13.2 Å². The summed E-state index contributed by atoms with van der Waals surface area (Å²) >= 11 is 0. The molecule has 0 saturated carbocycles. The van der Waals surface area contributed by atoms with Gasteiger partial charge in [-0.05, 0) is 52.2 Å². The number of anilines is 2. The Labute approximate surface area is 235 Å². The fourth-order valence-corrected chi connectivity index (χ4v) is 4.74. The number of fused-ring (bicyclic) bond motifs is 1. The predicted octanol–water partition coefficient (Wildman–Crippen LogP) is 6.67. The van der Waals surface area contributed by atoms with Crippen LogP contribution in [0.15, 0.2) is 31.1 Å². The van der Waals surface area contributed by atoms with Gasteiger partial charge in [0.25, 0.3) is 0 Å². The van der Waals surface area contributed by atoms with Crippen LogP contribution in [0.5, 0.6) is 0 Å². The Bertz CT molecular complexity index is 1480. The molecule has 0 spiro atoms. The monoisotopic (exact) mass is 574 g/mol. The van der Waals surface area contributed by atoms with Crippen LogP contribution in [0.4, 0.5) is 34.4 Å². The number of hydrogen-bond donors (Lipinski definition) is 3. The number of ether oxygens (including phenoxy) is 2. The minimum atomic E-state index is -4.72. The molecule has 0 radical (unpaired) electrons. The van der Waals surface area contributed by atoms with E-state index < -0.39 is 29.5 Å². The highest BCUT2D eigenvalue weighted by Gasteiger charge is 2.37. The Hall–Kier alpha value is -4.29. The number of likely N-dealkylation sites (tertiary alicyclic amines) is 1. The first-order valence-electron chi connectivity index (χ1n) is 13.0. The fourth-order valence-electron chi connectivity index (χ4n) is 4.74. The van der Waals surface area contributed by atoms with Gasteiger partial charge >= 0.3 is 18.4 Å². The molecule has 2 aromatic heterocycles. The van der Waals surface area contributed by atoms with Crippen LogP contribution in [0.25, 0.3) is 27.7 Å². The number of rotatable bonds is 5. The molecule has 0 unspecified atom stereocenters. The van der Waals surface area contributed by atoms with Gasteiger partial charge in [-0.25, -0.2) is 19.6 Å². The van der Waals surface area contributed by atoms with Gasteiger partial charge in [-0.15, -0.1) is 0 Å². The maximum Gasteiger partial charge on any atom is 0.419 e. The van der Waals surface area contributed by atoms with Crippen LogP contribution in [0.3, 0.4) is 0 Å². The van der Waals surface area contributed by atoms with Crippen molar-refractivity contribution < 1.29 is 32.2 Å². The third-order valence-electron chi connectivity index (χ3n) is 6.46. The summed E-state index contributed by atoms with van der Waals surface area (Å²) in [5.74, 6) is 0.00231. The number of piperidine rings is 1. The fraction of sp³-hybridized carbons (Fsp3) is 0.429. The lowest BCUT2D eigenvalue weighted by molar-refractivity contribution is -0.137. The number of nitrogens with zero attached hydrogens (tertiary/aromatic N) is 3. The SMILES string of the molecule is C=C(C)c1c(NC(=O)OC)ccc2c(-c3nc(N[C@H]4CCCN(C(=O)OC(C)(C)C)C4)ncc3C(F)(F)F)c[nH]c12. The summed E-state index contributed by atoms with van der Waals surface area (Å²) in [4.78, 5) is 37.3. The van der Waals surface area contributed by atoms with Crippen molar-refractivity contribution in [1.29, 1.82) is 0 Å². The van der Waals surface area contributed by atoms with Gasteiger partial charge in [0.05, 0.1) is 24.0 Å². The van der Waals surface area contributed by atoms with E-state index in [1.807, 2.05) is 0 Å². The van der Waals surface area contributed by atoms with Crippen molar-refractivity contribution >= 4 is 40.3 Å². The highest BCUT2D eigenvalue weighted by Crippen LogP contribution is 2.41. The number of halogens is 3. The molecule has 2 amide bonds. The number of aromatic amines is 1. The quantitative estimate of drug-likeness (QED) is 0.311. The second kappa shape index (κ2) is 11.3. The van der Waals surface area contributed by atoms with E-state index in [4.69, 9.17) is 4.74 Å². The maximum atomic E-state index is 14.1. The number of H-pyrrole nitrogens is 1. The first-order chi connectivity index (χ1) is 19.2. The van der Waals surface area contributed by atoms with Gasteiger partial charge in [-0.3, -0.25) is 5.32 Å². The van der Waals surface area contributed by atoms with Crippen LogP contribution in [-0.2, 0) is 15.7 Å². The number of hydrogen-bond acceptors (Lipinski definition) is 7. The van der Waals surface area contributed by atoms with Gasteiger partial charge < -0.3 is 24.7 Å². The lowest BCUT2D eigenvalue weighted by atomic mass is 9.99. The molecule has 1 aliphatic rings. The van der Waals surface area contributed by atoms with Gasteiger partial charge in [0.1, 0.15) is 11.2 Å². The summed E-state index contributed by atoms with van der Waals surface area (Å²) in [6.07, 6.45) is -2.33. The number of carbonyl (C=O) groups excluding carboxylic acids is 2. The molecule has 1 saturated heterocycles. The van der Waals surface area contributed by atoms with Crippen LogP contribution < -0.4 is 10.6 Å². The molecule has 1 aromatic carbocycles. The maximum absolute atomic E-state index is 14.1. The number of aromatic nitrogens is 3. The number of benzene rings is 1. The molecule has 13 heteroatoms. The van der Waals surface area contributed by atoms with E-state index in [9.17, 15) is 22.8 Å². The number of nitrogens with one attached hydrogen (secondary N) is 3. The second-order valence-corrected chi connectivity index (χ2v) is 10.9. The summed E-state index contributed by atoms with van der Waals surface area (Å²) in [6, 6.07) is 2.88. The van der Waals surface area contributed by atoms with Crippen molar-refractivity contribution in [2.45, 2.75) is 58.4 Å². The molecule has 3 heterocycles. The van der Waals surface area contributed by atoms with Crippen LogP contribution in [-0.4, -0.2) is 63.9 Å². The Morgan fingerprint density at radius 3 is 2.59 bits per heavy atom. The molecule has 4 rings (SSSR count). The zero-order valence-electron chi connectivity index (χ0n) is 23.5. The van der Waals surface area contributed by atoms with Crippen molar-refractivity contribution in [3.05, 3.63) is 42.2 Å². The summed E-state index contributed by atoms with van der Waals surface area (Å²) in [5.41, 5.74) is 0.180. The van der Waals surface area contributed by atoms with Crippen LogP contribution >= 0.6 is 0 Å². The largest absolute Gasteiger partial charge is 0.453 e. The number of amides is 2. The molecule has 3 aromatic rings. The molecule has 41 heavy (non-hydrogen) atoms. The van der Waals surface area contributed by atoms with Crippen molar-refractivity contribution in [2.24, 2.45) is 0 Å². The first kappa shape index (κ1) is 29.7. The number of allylic oxidation sites excluding steroid dienone is 1. The molecule has 1 atom stereocenters. The normalized spacial score (nSPS) is 15.9. The van der Waals surface area contributed by atoms with Crippen molar-refractivity contribution in [3.8, 4) is 11.3 Å². The Morgan fingerprint density at radius 2 is 1.95 bits per heavy atom. The van der Waals surface area contributed by atoms with Crippen LogP contribution in [0.1, 0.15) is 51.7 Å². The average Bonchev–Trinajstić information content (AvgIpc) is 3.30. The van der Waals surface area contributed by atoms with E-state index in [0.29, 0.717) is 53.7 Å². The lowest BCUT2D eigenvalue weighted by Gasteiger charge is -2.34. The third-order valence-corrected chi connectivity index (χ3v) is 6.46. The average molecular weight is 575 g/mol. The number of methoxy groups -OCH3 is 1. The van der Waals surface area contributed by atoms with Crippen LogP contribution in [0.2, 0.25) is 0 Å². The summed E-state index contributed by atoms with van der Waals surface area (Å²) in [6.45, 7) is 11.8. The minimum Gasteiger partial charge on any atom is -0.453 e. The number of alkyl halides is 3. The Morgan fingerprint density at radius 1 is 1.22 bits per heavy atom. The van der Waals surface area contributed by atoms with Crippen molar-refractivity contribution in [2.75, 3.05) is 30.8 Å².